The topological polar surface area (TPSA) is 73.7 Å². The van der Waals surface area contributed by atoms with E-state index in [-0.39, 0.29) is 12.2 Å². The van der Waals surface area contributed by atoms with E-state index in [0.29, 0.717) is 19.5 Å². The number of carboxylic acids is 1. The summed E-state index contributed by atoms with van der Waals surface area (Å²) in [5.41, 5.74) is 2.18. The van der Waals surface area contributed by atoms with Crippen molar-refractivity contribution in [2.45, 2.75) is 19.5 Å². The number of aromatic carboxylic acids is 1. The molecular formula is C17H20N2O3. The highest BCUT2D eigenvalue weighted by atomic mass is 16.4. The highest BCUT2D eigenvalue weighted by Crippen LogP contribution is 2.11. The van der Waals surface area contributed by atoms with E-state index in [1.54, 1.807) is 24.4 Å². The zero-order chi connectivity index (χ0) is 15.8. The molecule has 1 aromatic heterocycles. The van der Waals surface area contributed by atoms with Crippen molar-refractivity contribution in [2.24, 2.45) is 0 Å². The van der Waals surface area contributed by atoms with E-state index in [1.807, 2.05) is 24.3 Å². The number of hydrogen-bond acceptors (Lipinski definition) is 4. The molecule has 5 heteroatoms. The fourth-order valence-electron chi connectivity index (χ4n) is 2.29. The first kappa shape index (κ1) is 16.1. The van der Waals surface area contributed by atoms with Crippen LogP contribution in [0.4, 0.5) is 0 Å². The Morgan fingerprint density at radius 3 is 2.68 bits per heavy atom. The highest BCUT2D eigenvalue weighted by molar-refractivity contribution is 5.87. The van der Waals surface area contributed by atoms with Crippen LogP contribution >= 0.6 is 0 Å². The minimum atomic E-state index is -0.923. The molecule has 22 heavy (non-hydrogen) atoms. The maximum Gasteiger partial charge on any atom is 0.335 e. The summed E-state index contributed by atoms with van der Waals surface area (Å²) < 4.78 is 0. The van der Waals surface area contributed by atoms with Crippen LogP contribution in [-0.2, 0) is 13.1 Å². The largest absolute Gasteiger partial charge is 0.478 e. The molecule has 0 saturated heterocycles. The third-order valence-corrected chi connectivity index (χ3v) is 3.32. The van der Waals surface area contributed by atoms with Gasteiger partial charge in [0, 0.05) is 32.4 Å². The average molecular weight is 300 g/mol. The average Bonchev–Trinajstić information content (AvgIpc) is 2.54. The zero-order valence-corrected chi connectivity index (χ0v) is 12.4. The molecule has 2 N–H and O–H groups in total. The molecule has 116 valence electrons. The standard InChI is InChI=1S/C17H20N2O3/c20-10-4-9-19(13-16-7-1-2-8-18-16)12-14-5-3-6-15(11-14)17(21)22/h1-3,5-8,11,20H,4,9-10,12-13H2,(H,21,22). The number of rotatable bonds is 8. The second-order valence-corrected chi connectivity index (χ2v) is 5.11. The molecule has 5 nitrogen and oxygen atoms in total. The quantitative estimate of drug-likeness (QED) is 0.781. The molecule has 1 heterocycles. The number of pyridine rings is 1. The maximum atomic E-state index is 11.0. The van der Waals surface area contributed by atoms with Gasteiger partial charge in [-0.1, -0.05) is 18.2 Å². The monoisotopic (exact) mass is 300 g/mol. The van der Waals surface area contributed by atoms with Crippen LogP contribution in [0.15, 0.2) is 48.7 Å². The number of carbonyl (C=O) groups is 1. The van der Waals surface area contributed by atoms with Crippen molar-refractivity contribution in [1.82, 2.24) is 9.88 Å². The first-order valence-electron chi connectivity index (χ1n) is 7.24. The van der Waals surface area contributed by atoms with Crippen LogP contribution in [0.2, 0.25) is 0 Å². The summed E-state index contributed by atoms with van der Waals surface area (Å²) in [6, 6.07) is 12.7. The van der Waals surface area contributed by atoms with Gasteiger partial charge in [-0.2, -0.15) is 0 Å². The molecule has 2 rings (SSSR count). The van der Waals surface area contributed by atoms with Crippen LogP contribution in [0.1, 0.15) is 28.0 Å². The summed E-state index contributed by atoms with van der Waals surface area (Å²) in [5, 5.41) is 18.1. The second-order valence-electron chi connectivity index (χ2n) is 5.11. The lowest BCUT2D eigenvalue weighted by Gasteiger charge is -2.22. The number of aliphatic hydroxyl groups is 1. The van der Waals surface area contributed by atoms with E-state index >= 15 is 0 Å². The predicted molar refractivity (Wildman–Crippen MR) is 83.5 cm³/mol. The Morgan fingerprint density at radius 2 is 2.00 bits per heavy atom. The van der Waals surface area contributed by atoms with Crippen LogP contribution in [0.25, 0.3) is 0 Å². The van der Waals surface area contributed by atoms with Gasteiger partial charge in [-0.3, -0.25) is 9.88 Å². The maximum absolute atomic E-state index is 11.0. The van der Waals surface area contributed by atoms with Gasteiger partial charge in [0.25, 0.3) is 0 Å². The minimum absolute atomic E-state index is 0.133. The molecule has 0 unspecified atom stereocenters. The van der Waals surface area contributed by atoms with Crippen molar-refractivity contribution in [3.63, 3.8) is 0 Å². The summed E-state index contributed by atoms with van der Waals surface area (Å²) in [7, 11) is 0. The normalized spacial score (nSPS) is 10.8. The van der Waals surface area contributed by atoms with E-state index in [0.717, 1.165) is 17.8 Å². The highest BCUT2D eigenvalue weighted by Gasteiger charge is 2.09. The Morgan fingerprint density at radius 1 is 1.14 bits per heavy atom. The lowest BCUT2D eigenvalue weighted by molar-refractivity contribution is 0.0696. The van der Waals surface area contributed by atoms with Gasteiger partial charge in [-0.25, -0.2) is 4.79 Å². The Bertz CT molecular complexity index is 602. The lowest BCUT2D eigenvalue weighted by atomic mass is 10.1. The van der Waals surface area contributed by atoms with E-state index < -0.39 is 5.97 Å². The molecule has 0 aliphatic carbocycles. The molecular weight excluding hydrogens is 280 g/mol. The zero-order valence-electron chi connectivity index (χ0n) is 12.4. The molecule has 0 aliphatic heterocycles. The van der Waals surface area contributed by atoms with Gasteiger partial charge in [0.15, 0.2) is 0 Å². The van der Waals surface area contributed by atoms with Gasteiger partial charge >= 0.3 is 5.97 Å². The van der Waals surface area contributed by atoms with Crippen molar-refractivity contribution < 1.29 is 15.0 Å². The smallest absolute Gasteiger partial charge is 0.335 e. The molecule has 2 aromatic rings. The number of carboxylic acid groups (broad SMARTS) is 1. The first-order valence-corrected chi connectivity index (χ1v) is 7.24. The number of benzene rings is 1. The summed E-state index contributed by atoms with van der Waals surface area (Å²) in [5.74, 6) is -0.923. The summed E-state index contributed by atoms with van der Waals surface area (Å²) >= 11 is 0. The van der Waals surface area contributed by atoms with Gasteiger partial charge in [0.05, 0.1) is 11.3 Å². The third-order valence-electron chi connectivity index (χ3n) is 3.32. The van der Waals surface area contributed by atoms with E-state index in [4.69, 9.17) is 10.2 Å². The molecule has 0 amide bonds. The fourth-order valence-corrected chi connectivity index (χ4v) is 2.29. The van der Waals surface area contributed by atoms with E-state index in [1.165, 1.54) is 0 Å². The molecule has 0 fully saturated rings. The fraction of sp³-hybridized carbons (Fsp3) is 0.294. The minimum Gasteiger partial charge on any atom is -0.478 e. The van der Waals surface area contributed by atoms with Gasteiger partial charge in [0.2, 0.25) is 0 Å². The lowest BCUT2D eigenvalue weighted by Crippen LogP contribution is -2.25. The van der Waals surface area contributed by atoms with Crippen molar-refractivity contribution >= 4 is 5.97 Å². The molecule has 0 saturated carbocycles. The third kappa shape index (κ3) is 4.95. The van der Waals surface area contributed by atoms with Crippen LogP contribution in [-0.4, -0.2) is 39.2 Å². The molecule has 0 atom stereocenters. The van der Waals surface area contributed by atoms with Gasteiger partial charge in [0.1, 0.15) is 0 Å². The molecule has 0 aliphatic rings. The van der Waals surface area contributed by atoms with Crippen LogP contribution in [0, 0.1) is 0 Å². The van der Waals surface area contributed by atoms with Gasteiger partial charge < -0.3 is 10.2 Å². The van der Waals surface area contributed by atoms with Gasteiger partial charge in [-0.05, 0) is 36.2 Å². The second kappa shape index (κ2) is 8.26. The number of nitrogens with zero attached hydrogens (tertiary/aromatic N) is 2. The molecule has 0 radical (unpaired) electrons. The van der Waals surface area contributed by atoms with Crippen molar-refractivity contribution in [1.29, 1.82) is 0 Å². The van der Waals surface area contributed by atoms with Crippen molar-refractivity contribution in [3.8, 4) is 0 Å². The Balaban J connectivity index is 2.08. The van der Waals surface area contributed by atoms with Crippen molar-refractivity contribution in [2.75, 3.05) is 13.2 Å². The van der Waals surface area contributed by atoms with Crippen LogP contribution in [0.3, 0.4) is 0 Å². The van der Waals surface area contributed by atoms with Crippen molar-refractivity contribution in [3.05, 3.63) is 65.5 Å². The number of aliphatic hydroxyl groups excluding tert-OH is 1. The van der Waals surface area contributed by atoms with Crippen LogP contribution in [0.5, 0.6) is 0 Å². The van der Waals surface area contributed by atoms with E-state index in [2.05, 4.69) is 9.88 Å². The SMILES string of the molecule is O=C(O)c1cccc(CN(CCCO)Cc2ccccn2)c1. The molecule has 1 aromatic carbocycles. The number of aromatic nitrogens is 1. The van der Waals surface area contributed by atoms with E-state index in [9.17, 15) is 4.79 Å². The number of hydrogen-bond donors (Lipinski definition) is 2. The molecule has 0 spiro atoms. The Hall–Kier alpha value is -2.24. The summed E-state index contributed by atoms with van der Waals surface area (Å²) in [6.07, 6.45) is 2.43. The Kier molecular flexibility index (Phi) is 6.06. The first-order chi connectivity index (χ1) is 10.7. The Labute approximate surface area is 129 Å². The summed E-state index contributed by atoms with van der Waals surface area (Å²) in [6.45, 7) is 2.15. The van der Waals surface area contributed by atoms with Crippen LogP contribution < -0.4 is 0 Å². The summed E-state index contributed by atoms with van der Waals surface area (Å²) in [4.78, 5) is 17.5. The predicted octanol–water partition coefficient (Wildman–Crippen LogP) is 2.16. The van der Waals surface area contributed by atoms with Gasteiger partial charge in [-0.15, -0.1) is 0 Å². The molecule has 0 bridgehead atoms.